The molecule has 0 radical (unpaired) electrons. The van der Waals surface area contributed by atoms with Crippen LogP contribution in [-0.2, 0) is 0 Å². The number of hydrogen-bond acceptors (Lipinski definition) is 1. The Morgan fingerprint density at radius 3 is 2.73 bits per heavy atom. The van der Waals surface area contributed by atoms with E-state index < -0.39 is 0 Å². The first-order valence-corrected chi connectivity index (χ1v) is 4.72. The van der Waals surface area contributed by atoms with Crippen molar-refractivity contribution in [1.29, 1.82) is 0 Å². The van der Waals surface area contributed by atoms with Crippen LogP contribution >= 0.6 is 0 Å². The van der Waals surface area contributed by atoms with Crippen molar-refractivity contribution in [1.82, 2.24) is 0 Å². The van der Waals surface area contributed by atoms with Crippen molar-refractivity contribution < 1.29 is 5.11 Å². The molecule has 2 bridgehead atoms. The average Bonchev–Trinajstić information content (AvgIpc) is 2.60. The van der Waals surface area contributed by atoms with E-state index in [1.807, 2.05) is 6.08 Å². The van der Waals surface area contributed by atoms with Crippen molar-refractivity contribution in [3.63, 3.8) is 0 Å². The molecule has 2 fully saturated rings. The highest BCUT2D eigenvalue weighted by atomic mass is 16.3. The van der Waals surface area contributed by atoms with Gasteiger partial charge in [0.15, 0.2) is 0 Å². The van der Waals surface area contributed by atoms with E-state index in [0.717, 1.165) is 17.8 Å². The second kappa shape index (κ2) is 1.89. The monoisotopic (exact) mass is 150 g/mol. The van der Waals surface area contributed by atoms with Crippen LogP contribution in [0.15, 0.2) is 12.2 Å². The fourth-order valence-electron chi connectivity index (χ4n) is 3.54. The molecular weight excluding hydrogens is 136 g/mol. The Bertz CT molecular complexity index is 209. The summed E-state index contributed by atoms with van der Waals surface area (Å²) in [6.45, 7) is 0. The third-order valence-electron chi connectivity index (χ3n) is 3.97. The van der Waals surface area contributed by atoms with Gasteiger partial charge in [0.05, 0.1) is 6.10 Å². The molecule has 0 aromatic heterocycles. The molecule has 0 spiro atoms. The number of fused-ring (bicyclic) bond motifs is 5. The maximum absolute atomic E-state index is 9.63. The van der Waals surface area contributed by atoms with E-state index >= 15 is 0 Å². The highest BCUT2D eigenvalue weighted by Gasteiger charge is 2.50. The summed E-state index contributed by atoms with van der Waals surface area (Å²) >= 11 is 0. The zero-order valence-corrected chi connectivity index (χ0v) is 6.61. The number of hydrogen-bond donors (Lipinski definition) is 1. The van der Waals surface area contributed by atoms with Crippen LogP contribution in [0.3, 0.4) is 0 Å². The molecule has 1 N–H and O–H groups in total. The lowest BCUT2D eigenvalue weighted by Gasteiger charge is -2.26. The van der Waals surface area contributed by atoms with Crippen LogP contribution in [-0.4, -0.2) is 11.2 Å². The Kier molecular flexibility index (Phi) is 1.07. The predicted molar refractivity (Wildman–Crippen MR) is 43.0 cm³/mol. The quantitative estimate of drug-likeness (QED) is 0.520. The van der Waals surface area contributed by atoms with Crippen molar-refractivity contribution in [3.8, 4) is 0 Å². The van der Waals surface area contributed by atoms with Crippen LogP contribution in [0, 0.1) is 23.7 Å². The smallest absolute Gasteiger partial charge is 0.0757 e. The maximum atomic E-state index is 9.63. The first-order chi connectivity index (χ1) is 5.36. The molecule has 1 nitrogen and oxygen atoms in total. The van der Waals surface area contributed by atoms with Crippen molar-refractivity contribution in [2.24, 2.45) is 23.7 Å². The number of rotatable bonds is 0. The van der Waals surface area contributed by atoms with Gasteiger partial charge < -0.3 is 5.11 Å². The van der Waals surface area contributed by atoms with Crippen LogP contribution in [0.1, 0.15) is 19.3 Å². The minimum Gasteiger partial charge on any atom is -0.389 e. The fourth-order valence-corrected chi connectivity index (χ4v) is 3.54. The van der Waals surface area contributed by atoms with Crippen molar-refractivity contribution in [2.45, 2.75) is 25.4 Å². The minimum absolute atomic E-state index is 0.102. The first kappa shape index (κ1) is 6.24. The van der Waals surface area contributed by atoms with Gasteiger partial charge in [0, 0.05) is 0 Å². The molecule has 0 aliphatic heterocycles. The molecule has 11 heavy (non-hydrogen) atoms. The molecule has 0 aromatic carbocycles. The highest BCUT2D eigenvalue weighted by molar-refractivity contribution is 5.16. The summed E-state index contributed by atoms with van der Waals surface area (Å²) in [5.74, 6) is 3.16. The van der Waals surface area contributed by atoms with Gasteiger partial charge >= 0.3 is 0 Å². The summed E-state index contributed by atoms with van der Waals surface area (Å²) in [6.07, 6.45) is 8.37. The van der Waals surface area contributed by atoms with Crippen LogP contribution in [0.2, 0.25) is 0 Å². The molecular formula is C10H14O. The Balaban J connectivity index is 1.96. The average molecular weight is 150 g/mol. The van der Waals surface area contributed by atoms with Gasteiger partial charge in [-0.15, -0.1) is 0 Å². The third kappa shape index (κ3) is 0.652. The van der Waals surface area contributed by atoms with Crippen LogP contribution in [0.25, 0.3) is 0 Å². The summed E-state index contributed by atoms with van der Waals surface area (Å²) < 4.78 is 0. The lowest BCUT2D eigenvalue weighted by molar-refractivity contribution is 0.105. The largest absolute Gasteiger partial charge is 0.389 e. The summed E-state index contributed by atoms with van der Waals surface area (Å²) in [4.78, 5) is 0. The molecule has 3 aliphatic carbocycles. The van der Waals surface area contributed by atoms with Gasteiger partial charge in [-0.25, -0.2) is 0 Å². The number of allylic oxidation sites excluding steroid dienone is 1. The van der Waals surface area contributed by atoms with E-state index in [4.69, 9.17) is 0 Å². The van der Waals surface area contributed by atoms with Crippen LogP contribution < -0.4 is 0 Å². The molecule has 2 saturated carbocycles. The van der Waals surface area contributed by atoms with E-state index in [1.165, 1.54) is 19.3 Å². The summed E-state index contributed by atoms with van der Waals surface area (Å²) in [5, 5.41) is 9.63. The minimum atomic E-state index is -0.102. The van der Waals surface area contributed by atoms with E-state index in [9.17, 15) is 5.11 Å². The van der Waals surface area contributed by atoms with E-state index in [2.05, 4.69) is 6.08 Å². The molecule has 1 heteroatoms. The summed E-state index contributed by atoms with van der Waals surface area (Å²) in [6, 6.07) is 0. The first-order valence-electron chi connectivity index (χ1n) is 4.72. The Hall–Kier alpha value is -0.300. The molecule has 0 heterocycles. The van der Waals surface area contributed by atoms with Crippen molar-refractivity contribution in [2.75, 3.05) is 0 Å². The van der Waals surface area contributed by atoms with Gasteiger partial charge in [0.25, 0.3) is 0 Å². The molecule has 3 aliphatic rings. The SMILES string of the molecule is O[C@H]1C=C[C@@H]2[C@H]3CC[C@@H](C3)[C@@H]21. The fraction of sp³-hybridized carbons (Fsp3) is 0.800. The van der Waals surface area contributed by atoms with Gasteiger partial charge in [0.1, 0.15) is 0 Å². The molecule has 0 aromatic rings. The number of aliphatic hydroxyl groups is 1. The molecule has 60 valence electrons. The third-order valence-corrected chi connectivity index (χ3v) is 3.97. The van der Waals surface area contributed by atoms with Crippen LogP contribution in [0.4, 0.5) is 0 Å². The number of aliphatic hydroxyl groups excluding tert-OH is 1. The molecule has 0 saturated heterocycles. The standard InChI is InChI=1S/C10H14O/c11-9-4-3-8-6-1-2-7(5-6)10(8)9/h3-4,6-11H,1-2,5H2/t6-,7-,8+,9-,10-/m0/s1. The van der Waals surface area contributed by atoms with E-state index in [-0.39, 0.29) is 6.10 Å². The normalized spacial score (nSPS) is 58.8. The summed E-state index contributed by atoms with van der Waals surface area (Å²) in [5.41, 5.74) is 0. The van der Waals surface area contributed by atoms with Crippen molar-refractivity contribution in [3.05, 3.63) is 12.2 Å². The second-order valence-electron chi connectivity index (χ2n) is 4.36. The zero-order valence-electron chi connectivity index (χ0n) is 6.61. The van der Waals surface area contributed by atoms with E-state index in [1.54, 1.807) is 0 Å². The maximum Gasteiger partial charge on any atom is 0.0757 e. The molecule has 5 atom stereocenters. The van der Waals surface area contributed by atoms with Crippen molar-refractivity contribution >= 4 is 0 Å². The van der Waals surface area contributed by atoms with Gasteiger partial charge in [0.2, 0.25) is 0 Å². The highest BCUT2D eigenvalue weighted by Crippen LogP contribution is 2.56. The Morgan fingerprint density at radius 1 is 1.09 bits per heavy atom. The van der Waals surface area contributed by atoms with Gasteiger partial charge in [-0.2, -0.15) is 0 Å². The topological polar surface area (TPSA) is 20.2 Å². The van der Waals surface area contributed by atoms with Crippen LogP contribution in [0.5, 0.6) is 0 Å². The van der Waals surface area contributed by atoms with Gasteiger partial charge in [-0.1, -0.05) is 12.2 Å². The Morgan fingerprint density at radius 2 is 1.91 bits per heavy atom. The second-order valence-corrected chi connectivity index (χ2v) is 4.36. The predicted octanol–water partition coefficient (Wildman–Crippen LogP) is 1.58. The lowest BCUT2D eigenvalue weighted by Crippen LogP contribution is -2.25. The van der Waals surface area contributed by atoms with Gasteiger partial charge in [-0.3, -0.25) is 0 Å². The molecule has 0 unspecified atom stereocenters. The summed E-state index contributed by atoms with van der Waals surface area (Å²) in [7, 11) is 0. The lowest BCUT2D eigenvalue weighted by atomic mass is 9.80. The zero-order chi connectivity index (χ0) is 7.42. The molecule has 3 rings (SSSR count). The van der Waals surface area contributed by atoms with Gasteiger partial charge in [-0.05, 0) is 42.9 Å². The van der Waals surface area contributed by atoms with E-state index in [0.29, 0.717) is 5.92 Å². The Labute approximate surface area is 67.1 Å². The molecule has 0 amide bonds.